The third-order valence-electron chi connectivity index (χ3n) is 7.50. The zero-order chi connectivity index (χ0) is 29.2. The molecule has 42 heavy (non-hydrogen) atoms. The van der Waals surface area contributed by atoms with E-state index in [9.17, 15) is 14.7 Å². The summed E-state index contributed by atoms with van der Waals surface area (Å²) in [6, 6.07) is 27.6. The Kier molecular flexibility index (Phi) is 7.41. The second-order valence-electron chi connectivity index (χ2n) is 10.2. The highest BCUT2D eigenvalue weighted by Gasteiger charge is 2.41. The highest BCUT2D eigenvalue weighted by Crippen LogP contribution is 2.41. The largest absolute Gasteiger partial charge is 0.478 e. The van der Waals surface area contributed by atoms with E-state index in [1.54, 1.807) is 24.4 Å². The quantitative estimate of drug-likeness (QED) is 0.180. The molecule has 2 atom stereocenters. The number of benzene rings is 3. The SMILES string of the molecule is Cc1cc(C(=O)O)ccc1-c1ccc([C@@H]2[C@H](c3ccccn3)NC(=S)N2CCC(=O)Nc2cccc3ccccc23)o1. The molecular formula is C33H28N4O4S. The Morgan fingerprint density at radius 2 is 1.83 bits per heavy atom. The van der Waals surface area contributed by atoms with Gasteiger partial charge in [0.2, 0.25) is 5.91 Å². The van der Waals surface area contributed by atoms with Crippen molar-refractivity contribution in [3.8, 4) is 11.3 Å². The van der Waals surface area contributed by atoms with Gasteiger partial charge in [-0.25, -0.2) is 4.79 Å². The Hall–Kier alpha value is -5.02. The molecule has 1 aliphatic rings. The van der Waals surface area contributed by atoms with Gasteiger partial charge in [-0.15, -0.1) is 0 Å². The lowest BCUT2D eigenvalue weighted by molar-refractivity contribution is -0.116. The van der Waals surface area contributed by atoms with Gasteiger partial charge in [0.1, 0.15) is 17.6 Å². The fourth-order valence-electron chi connectivity index (χ4n) is 5.45. The van der Waals surface area contributed by atoms with Crippen LogP contribution in [0.3, 0.4) is 0 Å². The molecule has 0 unspecified atom stereocenters. The van der Waals surface area contributed by atoms with Crippen molar-refractivity contribution in [2.24, 2.45) is 0 Å². The average Bonchev–Trinajstić information content (AvgIpc) is 3.61. The topological polar surface area (TPSA) is 108 Å². The van der Waals surface area contributed by atoms with Gasteiger partial charge in [-0.2, -0.15) is 0 Å². The molecule has 210 valence electrons. The molecule has 1 saturated heterocycles. The highest BCUT2D eigenvalue weighted by molar-refractivity contribution is 7.80. The molecule has 0 saturated carbocycles. The number of hydrogen-bond donors (Lipinski definition) is 3. The van der Waals surface area contributed by atoms with Crippen molar-refractivity contribution >= 4 is 45.7 Å². The molecule has 1 aliphatic heterocycles. The maximum absolute atomic E-state index is 13.1. The minimum Gasteiger partial charge on any atom is -0.478 e. The number of carboxylic acid groups (broad SMARTS) is 1. The lowest BCUT2D eigenvalue weighted by Gasteiger charge is -2.26. The van der Waals surface area contributed by atoms with Crippen molar-refractivity contribution in [1.82, 2.24) is 15.2 Å². The number of pyridine rings is 1. The van der Waals surface area contributed by atoms with Crippen molar-refractivity contribution in [3.63, 3.8) is 0 Å². The average molecular weight is 577 g/mol. The lowest BCUT2D eigenvalue weighted by Crippen LogP contribution is -2.32. The van der Waals surface area contributed by atoms with Crippen molar-refractivity contribution in [2.45, 2.75) is 25.4 Å². The number of carboxylic acids is 1. The molecule has 0 bridgehead atoms. The zero-order valence-corrected chi connectivity index (χ0v) is 23.6. The molecule has 5 aromatic rings. The van der Waals surface area contributed by atoms with Crippen LogP contribution in [-0.4, -0.2) is 38.5 Å². The number of carbonyl (C=O) groups excluding carboxylic acids is 1. The third kappa shape index (κ3) is 5.34. The Bertz CT molecular complexity index is 1800. The highest BCUT2D eigenvalue weighted by atomic mass is 32.1. The number of aromatic carboxylic acids is 1. The number of thiocarbonyl (C=S) groups is 1. The van der Waals surface area contributed by atoms with Crippen LogP contribution in [0.15, 0.2) is 102 Å². The Morgan fingerprint density at radius 3 is 2.62 bits per heavy atom. The number of nitrogens with zero attached hydrogens (tertiary/aromatic N) is 2. The van der Waals surface area contributed by atoms with E-state index in [2.05, 4.69) is 15.6 Å². The van der Waals surface area contributed by atoms with E-state index in [1.165, 1.54) is 0 Å². The van der Waals surface area contributed by atoms with Crippen LogP contribution in [0, 0.1) is 6.92 Å². The molecule has 6 rings (SSSR count). The first-order valence-corrected chi connectivity index (χ1v) is 14.0. The van der Waals surface area contributed by atoms with E-state index in [0.717, 1.165) is 33.3 Å². The van der Waals surface area contributed by atoms with E-state index in [4.69, 9.17) is 16.6 Å². The molecule has 1 fully saturated rings. The summed E-state index contributed by atoms with van der Waals surface area (Å²) in [5.41, 5.74) is 3.38. The Morgan fingerprint density at radius 1 is 1.02 bits per heavy atom. The van der Waals surface area contributed by atoms with Crippen LogP contribution in [0.2, 0.25) is 0 Å². The van der Waals surface area contributed by atoms with Crippen molar-refractivity contribution in [1.29, 1.82) is 0 Å². The number of nitrogens with one attached hydrogen (secondary N) is 2. The van der Waals surface area contributed by atoms with Crippen LogP contribution in [0.25, 0.3) is 22.1 Å². The van der Waals surface area contributed by atoms with Crippen molar-refractivity contribution in [3.05, 3.63) is 120 Å². The van der Waals surface area contributed by atoms with E-state index in [0.29, 0.717) is 23.2 Å². The number of aryl methyl sites for hydroxylation is 1. The number of aromatic nitrogens is 1. The van der Waals surface area contributed by atoms with Crippen LogP contribution >= 0.6 is 12.2 Å². The molecule has 0 spiro atoms. The number of amides is 1. The van der Waals surface area contributed by atoms with Crippen molar-refractivity contribution < 1.29 is 19.1 Å². The third-order valence-corrected chi connectivity index (χ3v) is 7.85. The molecule has 0 radical (unpaired) electrons. The minimum atomic E-state index is -0.978. The van der Waals surface area contributed by atoms with Gasteiger partial charge in [0, 0.05) is 35.8 Å². The van der Waals surface area contributed by atoms with Crippen LogP contribution in [-0.2, 0) is 4.79 Å². The second kappa shape index (κ2) is 11.5. The maximum Gasteiger partial charge on any atom is 0.335 e. The number of rotatable bonds is 8. The van der Waals surface area contributed by atoms with Crippen LogP contribution in [0.5, 0.6) is 0 Å². The summed E-state index contributed by atoms with van der Waals surface area (Å²) >= 11 is 5.76. The van der Waals surface area contributed by atoms with E-state index >= 15 is 0 Å². The summed E-state index contributed by atoms with van der Waals surface area (Å²) in [4.78, 5) is 31.1. The van der Waals surface area contributed by atoms with Gasteiger partial charge in [0.05, 0.1) is 17.3 Å². The summed E-state index contributed by atoms with van der Waals surface area (Å²) < 4.78 is 6.40. The first-order chi connectivity index (χ1) is 20.4. The molecule has 3 heterocycles. The number of furan rings is 1. The summed E-state index contributed by atoms with van der Waals surface area (Å²) in [5, 5.41) is 18.3. The normalized spacial score (nSPS) is 16.4. The summed E-state index contributed by atoms with van der Waals surface area (Å²) in [6.07, 6.45) is 1.94. The number of carbonyl (C=O) groups is 2. The van der Waals surface area contributed by atoms with E-state index < -0.39 is 5.97 Å². The lowest BCUT2D eigenvalue weighted by atomic mass is 10.0. The molecule has 8 nitrogen and oxygen atoms in total. The molecule has 0 aliphatic carbocycles. The van der Waals surface area contributed by atoms with Crippen molar-refractivity contribution in [2.75, 3.05) is 11.9 Å². The number of fused-ring (bicyclic) bond motifs is 1. The smallest absolute Gasteiger partial charge is 0.335 e. The van der Waals surface area contributed by atoms with Crippen LogP contribution in [0.4, 0.5) is 5.69 Å². The zero-order valence-electron chi connectivity index (χ0n) is 22.8. The van der Waals surface area contributed by atoms with Crippen LogP contribution < -0.4 is 10.6 Å². The molecule has 9 heteroatoms. The Balaban J connectivity index is 1.26. The van der Waals surface area contributed by atoms with Gasteiger partial charge in [-0.1, -0.05) is 48.5 Å². The summed E-state index contributed by atoms with van der Waals surface area (Å²) in [7, 11) is 0. The van der Waals surface area contributed by atoms with E-state index in [1.807, 2.05) is 84.6 Å². The standard InChI is InChI=1S/C33H28N4O4S/c1-20-19-22(32(39)40)12-13-23(20)27-14-15-28(41-27)31-30(26-10-4-5-17-34-26)36-33(42)37(31)18-16-29(38)35-25-11-6-8-21-7-2-3-9-24(21)25/h2-15,17,19,30-31H,16,18H2,1H3,(H,35,38)(H,36,42)(H,39,40)/t30-,31+/m0/s1. The number of hydrogen-bond acceptors (Lipinski definition) is 5. The fourth-order valence-corrected chi connectivity index (χ4v) is 5.79. The minimum absolute atomic E-state index is 0.122. The van der Waals surface area contributed by atoms with Crippen LogP contribution in [0.1, 0.15) is 45.9 Å². The molecule has 3 N–H and O–H groups in total. The first kappa shape index (κ1) is 27.2. The monoisotopic (exact) mass is 576 g/mol. The van der Waals surface area contributed by atoms with Gasteiger partial charge in [-0.3, -0.25) is 9.78 Å². The Labute approximate surface area is 248 Å². The summed E-state index contributed by atoms with van der Waals surface area (Å²) in [6.45, 7) is 2.21. The van der Waals surface area contributed by atoms with Gasteiger partial charge < -0.3 is 25.1 Å². The summed E-state index contributed by atoms with van der Waals surface area (Å²) in [5.74, 6) is 0.173. The fraction of sp³-hybridized carbons (Fsp3) is 0.152. The number of anilines is 1. The van der Waals surface area contributed by atoms with Gasteiger partial charge in [-0.05, 0) is 72.6 Å². The maximum atomic E-state index is 13.1. The van der Waals surface area contributed by atoms with Gasteiger partial charge in [0.25, 0.3) is 0 Å². The molecular weight excluding hydrogens is 548 g/mol. The molecule has 1 amide bonds. The predicted molar refractivity (Wildman–Crippen MR) is 165 cm³/mol. The molecule has 3 aromatic carbocycles. The van der Waals surface area contributed by atoms with Gasteiger partial charge >= 0.3 is 5.97 Å². The van der Waals surface area contributed by atoms with E-state index in [-0.39, 0.29) is 30.0 Å². The molecule has 2 aromatic heterocycles. The second-order valence-corrected chi connectivity index (χ2v) is 10.6. The predicted octanol–water partition coefficient (Wildman–Crippen LogP) is 6.50. The first-order valence-electron chi connectivity index (χ1n) is 13.6. The van der Waals surface area contributed by atoms with Gasteiger partial charge in [0.15, 0.2) is 5.11 Å².